The number of phenolic OH excluding ortho intramolecular Hbond substituents is 1. The van der Waals surface area contributed by atoms with Crippen LogP contribution in [0.3, 0.4) is 0 Å². The number of carbonyl (C=O) groups is 1. The van der Waals surface area contributed by atoms with Gasteiger partial charge in [0.15, 0.2) is 5.96 Å². The van der Waals surface area contributed by atoms with E-state index in [1.54, 1.807) is 0 Å². The van der Waals surface area contributed by atoms with E-state index in [0.717, 1.165) is 10.5 Å². The number of amides is 1. The van der Waals surface area contributed by atoms with Gasteiger partial charge in [0.25, 0.3) is 5.91 Å². The molecule has 0 aliphatic carbocycles. The molecule has 114 valence electrons. The highest BCUT2D eigenvalue weighted by Gasteiger charge is 2.21. The second-order valence-corrected chi connectivity index (χ2v) is 5.18. The maximum Gasteiger partial charge on any atom is 0.264 e. The molecule has 1 amide bonds. The third kappa shape index (κ3) is 3.77. The van der Waals surface area contributed by atoms with Gasteiger partial charge < -0.3 is 10.8 Å². The van der Waals surface area contributed by atoms with E-state index >= 15 is 0 Å². The summed E-state index contributed by atoms with van der Waals surface area (Å²) in [4.78, 5) is 13.6. The van der Waals surface area contributed by atoms with Gasteiger partial charge in [0, 0.05) is 11.6 Å². The number of nitrogens with one attached hydrogen (secondary N) is 1. The van der Waals surface area contributed by atoms with Crippen molar-refractivity contribution in [2.45, 2.75) is 6.42 Å². The van der Waals surface area contributed by atoms with Crippen molar-refractivity contribution in [3.05, 3.63) is 64.7 Å². The number of guanidine groups is 1. The van der Waals surface area contributed by atoms with Gasteiger partial charge in [0.1, 0.15) is 5.75 Å². The molecule has 0 aliphatic rings. The second kappa shape index (κ2) is 6.95. The molecule has 0 saturated heterocycles. The molecule has 0 aromatic heterocycles. The van der Waals surface area contributed by atoms with E-state index in [1.807, 2.05) is 30.3 Å². The highest BCUT2D eigenvalue weighted by atomic mass is 35.5. The molecule has 0 bridgehead atoms. The Kier molecular flexibility index (Phi) is 5.01. The number of aromatic hydroxyl groups is 1. The molecule has 5 nitrogen and oxygen atoms in total. The molecule has 0 atom stereocenters. The highest BCUT2D eigenvalue weighted by Crippen LogP contribution is 2.23. The quantitative estimate of drug-likeness (QED) is 0.598. The van der Waals surface area contributed by atoms with Crippen molar-refractivity contribution in [3.8, 4) is 5.75 Å². The molecule has 0 aliphatic heterocycles. The number of rotatable bonds is 4. The molecule has 0 heterocycles. The van der Waals surface area contributed by atoms with Crippen LogP contribution in [0.1, 0.15) is 15.9 Å². The summed E-state index contributed by atoms with van der Waals surface area (Å²) in [6.45, 7) is 0.240. The molecule has 4 N–H and O–H groups in total. The monoisotopic (exact) mass is 317 g/mol. The Morgan fingerprint density at radius 2 is 1.91 bits per heavy atom. The van der Waals surface area contributed by atoms with Crippen molar-refractivity contribution in [2.24, 2.45) is 5.73 Å². The summed E-state index contributed by atoms with van der Waals surface area (Å²) in [6, 6.07) is 13.7. The van der Waals surface area contributed by atoms with Crippen molar-refractivity contribution >= 4 is 23.5 Å². The van der Waals surface area contributed by atoms with Crippen LogP contribution in [-0.4, -0.2) is 28.4 Å². The Hall–Kier alpha value is -2.53. The van der Waals surface area contributed by atoms with Crippen LogP contribution in [0, 0.1) is 5.41 Å². The zero-order chi connectivity index (χ0) is 16.1. The average Bonchev–Trinajstić information content (AvgIpc) is 2.50. The summed E-state index contributed by atoms with van der Waals surface area (Å²) in [6.07, 6.45) is 0.549. The predicted octanol–water partition coefficient (Wildman–Crippen LogP) is 2.62. The zero-order valence-electron chi connectivity index (χ0n) is 11.8. The topological polar surface area (TPSA) is 90.4 Å². The van der Waals surface area contributed by atoms with Gasteiger partial charge in [-0.2, -0.15) is 0 Å². The molecule has 22 heavy (non-hydrogen) atoms. The molecule has 0 radical (unpaired) electrons. The number of carbonyl (C=O) groups excluding carboxylic acids is 1. The number of benzene rings is 2. The van der Waals surface area contributed by atoms with Crippen LogP contribution < -0.4 is 5.73 Å². The standard InChI is InChI=1S/C16H16ClN3O2/c17-12-6-7-14(21)13(10-12)15(22)20(16(18)19)9-8-11-4-2-1-3-5-11/h1-7,10,21H,8-9H2,(H3,18,19). The SMILES string of the molecule is N=C(N)N(CCc1ccccc1)C(=O)c1cc(Cl)ccc1O. The fraction of sp³-hybridized carbons (Fsp3) is 0.125. The van der Waals surface area contributed by atoms with Gasteiger partial charge in [-0.15, -0.1) is 0 Å². The first-order chi connectivity index (χ1) is 10.5. The molecule has 0 fully saturated rings. The van der Waals surface area contributed by atoms with Gasteiger partial charge >= 0.3 is 0 Å². The van der Waals surface area contributed by atoms with E-state index < -0.39 is 5.91 Å². The minimum Gasteiger partial charge on any atom is -0.507 e. The summed E-state index contributed by atoms with van der Waals surface area (Å²) in [7, 11) is 0. The number of nitrogens with zero attached hydrogens (tertiary/aromatic N) is 1. The normalized spacial score (nSPS) is 10.2. The molecule has 0 saturated carbocycles. The third-order valence-electron chi connectivity index (χ3n) is 3.19. The van der Waals surface area contributed by atoms with E-state index in [1.165, 1.54) is 18.2 Å². The van der Waals surface area contributed by atoms with Crippen LogP contribution in [0.15, 0.2) is 48.5 Å². The highest BCUT2D eigenvalue weighted by molar-refractivity contribution is 6.31. The number of phenols is 1. The van der Waals surface area contributed by atoms with Crippen molar-refractivity contribution in [1.82, 2.24) is 4.90 Å². The first-order valence-corrected chi connectivity index (χ1v) is 7.05. The van der Waals surface area contributed by atoms with Crippen molar-refractivity contribution in [1.29, 1.82) is 5.41 Å². The molecule has 6 heteroatoms. The summed E-state index contributed by atoms with van der Waals surface area (Å²) < 4.78 is 0. The number of hydrogen-bond donors (Lipinski definition) is 3. The van der Waals surface area contributed by atoms with Crippen LogP contribution in [-0.2, 0) is 6.42 Å². The van der Waals surface area contributed by atoms with Crippen LogP contribution in [0.2, 0.25) is 5.02 Å². The largest absolute Gasteiger partial charge is 0.507 e. The Morgan fingerprint density at radius 1 is 1.23 bits per heavy atom. The Morgan fingerprint density at radius 3 is 2.55 bits per heavy atom. The van der Waals surface area contributed by atoms with E-state index in [0.29, 0.717) is 11.4 Å². The number of hydrogen-bond acceptors (Lipinski definition) is 3. The first kappa shape index (κ1) is 15.9. The maximum atomic E-state index is 12.5. The summed E-state index contributed by atoms with van der Waals surface area (Å²) >= 11 is 5.85. The van der Waals surface area contributed by atoms with E-state index in [-0.39, 0.29) is 23.8 Å². The minimum absolute atomic E-state index is 0.0239. The smallest absolute Gasteiger partial charge is 0.264 e. The number of nitrogens with two attached hydrogens (primary N) is 1. The summed E-state index contributed by atoms with van der Waals surface area (Å²) in [5.74, 6) is -1.12. The summed E-state index contributed by atoms with van der Waals surface area (Å²) in [5.41, 5.74) is 6.55. The fourth-order valence-electron chi connectivity index (χ4n) is 2.04. The Balaban J connectivity index is 2.18. The molecular formula is C16H16ClN3O2. The van der Waals surface area contributed by atoms with Gasteiger partial charge in [-0.05, 0) is 30.2 Å². The number of halogens is 1. The second-order valence-electron chi connectivity index (χ2n) is 4.74. The van der Waals surface area contributed by atoms with Gasteiger partial charge in [-0.25, -0.2) is 0 Å². The molecule has 0 unspecified atom stereocenters. The van der Waals surface area contributed by atoms with E-state index in [4.69, 9.17) is 22.7 Å². The lowest BCUT2D eigenvalue weighted by molar-refractivity contribution is 0.0843. The van der Waals surface area contributed by atoms with E-state index in [9.17, 15) is 9.90 Å². The summed E-state index contributed by atoms with van der Waals surface area (Å²) in [5, 5.41) is 17.7. The van der Waals surface area contributed by atoms with Crippen LogP contribution in [0.5, 0.6) is 5.75 Å². The molecule has 2 rings (SSSR count). The average molecular weight is 318 g/mol. The van der Waals surface area contributed by atoms with Crippen LogP contribution in [0.25, 0.3) is 0 Å². The zero-order valence-corrected chi connectivity index (χ0v) is 12.5. The van der Waals surface area contributed by atoms with Crippen molar-refractivity contribution in [3.63, 3.8) is 0 Å². The van der Waals surface area contributed by atoms with Crippen LogP contribution >= 0.6 is 11.6 Å². The third-order valence-corrected chi connectivity index (χ3v) is 3.43. The lowest BCUT2D eigenvalue weighted by Gasteiger charge is -2.21. The molecular weight excluding hydrogens is 302 g/mol. The molecule has 2 aromatic carbocycles. The molecule has 2 aromatic rings. The Labute approximate surface area is 133 Å². The lowest BCUT2D eigenvalue weighted by Crippen LogP contribution is -2.42. The minimum atomic E-state index is -0.552. The maximum absolute atomic E-state index is 12.5. The van der Waals surface area contributed by atoms with Crippen molar-refractivity contribution < 1.29 is 9.90 Å². The Bertz CT molecular complexity index is 689. The predicted molar refractivity (Wildman–Crippen MR) is 86.2 cm³/mol. The first-order valence-electron chi connectivity index (χ1n) is 6.67. The van der Waals surface area contributed by atoms with Crippen LogP contribution in [0.4, 0.5) is 0 Å². The lowest BCUT2D eigenvalue weighted by atomic mass is 10.1. The molecule has 0 spiro atoms. The van der Waals surface area contributed by atoms with Gasteiger partial charge in [-0.3, -0.25) is 15.1 Å². The fourth-order valence-corrected chi connectivity index (χ4v) is 2.21. The van der Waals surface area contributed by atoms with Gasteiger partial charge in [0.2, 0.25) is 0 Å². The van der Waals surface area contributed by atoms with Crippen molar-refractivity contribution in [2.75, 3.05) is 6.54 Å². The van der Waals surface area contributed by atoms with Gasteiger partial charge in [0.05, 0.1) is 5.56 Å². The van der Waals surface area contributed by atoms with E-state index in [2.05, 4.69) is 0 Å². The van der Waals surface area contributed by atoms with Gasteiger partial charge in [-0.1, -0.05) is 41.9 Å².